The van der Waals surface area contributed by atoms with Gasteiger partial charge in [-0.2, -0.15) is 0 Å². The van der Waals surface area contributed by atoms with Gasteiger partial charge in [0.2, 0.25) is 0 Å². The molecular formula is C58H56N6O8. The summed E-state index contributed by atoms with van der Waals surface area (Å²) in [7, 11) is 0. The summed E-state index contributed by atoms with van der Waals surface area (Å²) >= 11 is 0. The number of aromatic hydroxyl groups is 2. The maximum Gasteiger partial charge on any atom is 0.305 e. The summed E-state index contributed by atoms with van der Waals surface area (Å²) in [6.07, 6.45) is 8.19. The molecule has 14 nitrogen and oxygen atoms in total. The summed E-state index contributed by atoms with van der Waals surface area (Å²) in [6.45, 7) is 0.462. The molecule has 0 amide bonds. The molecule has 0 aliphatic rings. The van der Waals surface area contributed by atoms with Crippen LogP contribution in [0.4, 0.5) is 0 Å². The van der Waals surface area contributed by atoms with Gasteiger partial charge in [0.25, 0.3) is 0 Å². The van der Waals surface area contributed by atoms with E-state index in [0.717, 1.165) is 73.6 Å². The zero-order valence-electron chi connectivity index (χ0n) is 39.9. The topological polar surface area (TPSA) is 189 Å². The number of phenolic OH excluding ortho intramolecular Hbond substituents is 2. The number of rotatable bonds is 25. The van der Waals surface area contributed by atoms with Gasteiger partial charge in [-0.1, -0.05) is 160 Å². The molecule has 0 saturated carbocycles. The van der Waals surface area contributed by atoms with E-state index in [1.54, 1.807) is 24.3 Å². The van der Waals surface area contributed by atoms with Crippen LogP contribution >= 0.6 is 0 Å². The van der Waals surface area contributed by atoms with E-state index in [1.165, 1.54) is 12.1 Å². The molecule has 366 valence electrons. The maximum atomic E-state index is 12.3. The van der Waals surface area contributed by atoms with Crippen LogP contribution in [0, 0.1) is 0 Å². The van der Waals surface area contributed by atoms with Gasteiger partial charge in [-0.25, -0.2) is 29.9 Å². The van der Waals surface area contributed by atoms with E-state index in [1.807, 2.05) is 121 Å². The van der Waals surface area contributed by atoms with Crippen LogP contribution in [-0.2, 0) is 19.1 Å². The molecule has 0 bridgehead atoms. The van der Waals surface area contributed by atoms with Crippen molar-refractivity contribution in [3.05, 3.63) is 158 Å². The summed E-state index contributed by atoms with van der Waals surface area (Å²) in [5.41, 5.74) is 4.18. The molecular weight excluding hydrogens is 909 g/mol. The molecule has 0 unspecified atom stereocenters. The summed E-state index contributed by atoms with van der Waals surface area (Å²) in [5.74, 6) is 2.83. The number of benzene rings is 6. The summed E-state index contributed by atoms with van der Waals surface area (Å²) < 4.78 is 22.3. The highest BCUT2D eigenvalue weighted by molar-refractivity contribution is 5.72. The fourth-order valence-corrected chi connectivity index (χ4v) is 7.81. The number of esters is 2. The molecule has 2 aromatic heterocycles. The van der Waals surface area contributed by atoms with Gasteiger partial charge in [0.05, 0.1) is 11.1 Å². The summed E-state index contributed by atoms with van der Waals surface area (Å²) in [4.78, 5) is 52.8. The highest BCUT2D eigenvalue weighted by Crippen LogP contribution is 2.34. The van der Waals surface area contributed by atoms with Gasteiger partial charge < -0.3 is 29.2 Å². The Labute approximate surface area is 418 Å². The lowest BCUT2D eigenvalue weighted by Gasteiger charge is -2.11. The number of unbranched alkanes of at least 4 members (excludes halogenated alkanes) is 7. The average Bonchev–Trinajstić information content (AvgIpc) is 3.42. The molecule has 0 aliphatic heterocycles. The Morgan fingerprint density at radius 3 is 0.944 bits per heavy atom. The standard InChI is InChI=1S/C58H56N6O8/c65-49-39-45(31-33-47(49)57-61-53(41-21-11-7-12-22-41)59-54(62-57)42-23-13-8-14-24-42)69-35-37-71-51(67)29-19-5-3-1-2-4-6-20-30-52(68)72-38-36-70-46-32-34-48(50(66)40-46)58-63-55(43-25-15-9-16-26-43)60-56(64-58)44-27-17-10-18-28-44/h7-18,21-28,31-34,39-40,65-66H,1-6,19-20,29-30,35-38H2. The minimum Gasteiger partial charge on any atom is -0.507 e. The van der Waals surface area contributed by atoms with Gasteiger partial charge in [-0.3, -0.25) is 9.59 Å². The van der Waals surface area contributed by atoms with Crippen LogP contribution in [-0.4, -0.2) is 78.5 Å². The molecule has 0 fully saturated rings. The van der Waals surface area contributed by atoms with E-state index < -0.39 is 0 Å². The Morgan fingerprint density at radius 2 is 0.639 bits per heavy atom. The Hall–Kier alpha value is -8.52. The van der Waals surface area contributed by atoms with Crippen molar-refractivity contribution in [1.82, 2.24) is 29.9 Å². The zero-order chi connectivity index (χ0) is 49.7. The van der Waals surface area contributed by atoms with Gasteiger partial charge in [0.15, 0.2) is 34.9 Å². The first-order valence-electron chi connectivity index (χ1n) is 24.3. The summed E-state index contributed by atoms with van der Waals surface area (Å²) in [5, 5.41) is 22.0. The van der Waals surface area contributed by atoms with Crippen molar-refractivity contribution >= 4 is 11.9 Å². The first-order valence-corrected chi connectivity index (χ1v) is 24.3. The molecule has 0 atom stereocenters. The van der Waals surface area contributed by atoms with E-state index in [4.69, 9.17) is 28.9 Å². The van der Waals surface area contributed by atoms with E-state index in [9.17, 15) is 19.8 Å². The van der Waals surface area contributed by atoms with Gasteiger partial charge in [0, 0.05) is 47.2 Å². The number of ether oxygens (including phenoxy) is 4. The molecule has 0 aliphatic carbocycles. The minimum absolute atomic E-state index is 0.0496. The molecule has 2 N–H and O–H groups in total. The van der Waals surface area contributed by atoms with Crippen LogP contribution in [0.2, 0.25) is 0 Å². The van der Waals surface area contributed by atoms with Crippen molar-refractivity contribution in [2.24, 2.45) is 0 Å². The second-order valence-corrected chi connectivity index (χ2v) is 16.9. The normalized spacial score (nSPS) is 10.9. The largest absolute Gasteiger partial charge is 0.507 e. The third-order valence-corrected chi connectivity index (χ3v) is 11.6. The second kappa shape index (κ2) is 25.9. The first-order chi connectivity index (χ1) is 35.4. The number of hydrogen-bond acceptors (Lipinski definition) is 14. The molecule has 0 spiro atoms. The van der Waals surface area contributed by atoms with Crippen molar-refractivity contribution in [3.63, 3.8) is 0 Å². The molecule has 14 heteroatoms. The molecule has 6 aromatic carbocycles. The van der Waals surface area contributed by atoms with Crippen LogP contribution in [0.3, 0.4) is 0 Å². The Kier molecular flexibility index (Phi) is 17.9. The van der Waals surface area contributed by atoms with Crippen molar-refractivity contribution in [3.8, 4) is 91.3 Å². The Balaban J connectivity index is 0.657. The van der Waals surface area contributed by atoms with Crippen molar-refractivity contribution < 1.29 is 38.7 Å². The zero-order valence-corrected chi connectivity index (χ0v) is 39.9. The fourth-order valence-electron chi connectivity index (χ4n) is 7.81. The predicted molar refractivity (Wildman–Crippen MR) is 275 cm³/mol. The Bertz CT molecular complexity index is 2680. The molecule has 8 aromatic rings. The fraction of sp³-hybridized carbons (Fsp3) is 0.241. The van der Waals surface area contributed by atoms with E-state index in [0.29, 0.717) is 70.4 Å². The second-order valence-electron chi connectivity index (χ2n) is 16.9. The van der Waals surface area contributed by atoms with Crippen molar-refractivity contribution in [2.45, 2.75) is 64.2 Å². The lowest BCUT2D eigenvalue weighted by molar-refractivity contribution is -0.145. The molecule has 0 radical (unpaired) electrons. The molecule has 72 heavy (non-hydrogen) atoms. The van der Waals surface area contributed by atoms with Crippen LogP contribution in [0.5, 0.6) is 23.0 Å². The minimum atomic E-state index is -0.269. The number of hydrogen-bond donors (Lipinski definition) is 2. The molecule has 0 saturated heterocycles. The van der Waals surface area contributed by atoms with E-state index in [-0.39, 0.29) is 49.9 Å². The number of nitrogens with zero attached hydrogens (tertiary/aromatic N) is 6. The highest BCUT2D eigenvalue weighted by atomic mass is 16.6. The SMILES string of the molecule is O=C(CCCCCCCCCCC(=O)OCCOc1ccc(-c2nc(-c3ccccc3)nc(-c3ccccc3)n2)c(O)c1)OCCOc1ccc(-c2nc(-c3ccccc3)nc(-c3ccccc3)n2)c(O)c1. The number of aromatic nitrogens is 6. The van der Waals surface area contributed by atoms with Crippen LogP contribution in [0.25, 0.3) is 68.3 Å². The number of phenols is 2. The lowest BCUT2D eigenvalue weighted by atomic mass is 10.1. The van der Waals surface area contributed by atoms with Gasteiger partial charge in [0.1, 0.15) is 49.4 Å². The van der Waals surface area contributed by atoms with E-state index >= 15 is 0 Å². The molecule has 8 rings (SSSR count). The monoisotopic (exact) mass is 964 g/mol. The third-order valence-electron chi connectivity index (χ3n) is 11.6. The van der Waals surface area contributed by atoms with Gasteiger partial charge in [-0.05, 0) is 37.1 Å². The first kappa shape index (κ1) is 49.9. The maximum absolute atomic E-state index is 12.3. The third kappa shape index (κ3) is 14.5. The lowest BCUT2D eigenvalue weighted by Crippen LogP contribution is -2.12. The van der Waals surface area contributed by atoms with Crippen LogP contribution in [0.1, 0.15) is 64.2 Å². The van der Waals surface area contributed by atoms with Gasteiger partial charge in [-0.15, -0.1) is 0 Å². The van der Waals surface area contributed by atoms with Crippen molar-refractivity contribution in [1.29, 1.82) is 0 Å². The predicted octanol–water partition coefficient (Wildman–Crippen LogP) is 11.9. The number of carbonyl (C=O) groups is 2. The Morgan fingerprint density at radius 1 is 0.347 bits per heavy atom. The average molecular weight is 965 g/mol. The summed E-state index contributed by atoms with van der Waals surface area (Å²) in [6, 6.07) is 48.3. The van der Waals surface area contributed by atoms with Crippen LogP contribution < -0.4 is 9.47 Å². The van der Waals surface area contributed by atoms with Crippen LogP contribution in [0.15, 0.2) is 158 Å². The number of carbonyl (C=O) groups excluding carboxylic acids is 2. The van der Waals surface area contributed by atoms with Gasteiger partial charge >= 0.3 is 11.9 Å². The highest BCUT2D eigenvalue weighted by Gasteiger charge is 2.18. The molecule has 2 heterocycles. The smallest absolute Gasteiger partial charge is 0.305 e. The van der Waals surface area contributed by atoms with E-state index in [2.05, 4.69) is 19.9 Å². The quantitative estimate of drug-likeness (QED) is 0.0406. The van der Waals surface area contributed by atoms with Crippen molar-refractivity contribution in [2.75, 3.05) is 26.4 Å².